The monoisotopic (exact) mass is 204 g/mol. The van der Waals surface area contributed by atoms with E-state index in [-0.39, 0.29) is 5.91 Å². The van der Waals surface area contributed by atoms with Gasteiger partial charge in [-0.2, -0.15) is 0 Å². The van der Waals surface area contributed by atoms with Gasteiger partial charge in [0.1, 0.15) is 5.69 Å². The van der Waals surface area contributed by atoms with E-state index in [0.717, 1.165) is 6.54 Å². The van der Waals surface area contributed by atoms with Crippen LogP contribution in [0.2, 0.25) is 0 Å². The van der Waals surface area contributed by atoms with Gasteiger partial charge in [-0.05, 0) is 32.9 Å². The maximum absolute atomic E-state index is 11.8. The summed E-state index contributed by atoms with van der Waals surface area (Å²) in [6.45, 7) is 6.35. The number of carbonyl (C=O) groups is 1. The van der Waals surface area contributed by atoms with Gasteiger partial charge < -0.3 is 9.88 Å². The largest absolute Gasteiger partial charge is 0.344 e. The zero-order valence-electron chi connectivity index (χ0n) is 9.37. The van der Waals surface area contributed by atoms with Gasteiger partial charge in [-0.25, -0.2) is 0 Å². The van der Waals surface area contributed by atoms with Crippen LogP contribution in [0.3, 0.4) is 0 Å². The molecule has 1 amide bonds. The smallest absolute Gasteiger partial charge is 0.269 e. The van der Waals surface area contributed by atoms with Crippen LogP contribution in [-0.2, 0) is 6.54 Å². The predicted molar refractivity (Wildman–Crippen MR) is 60.5 cm³/mol. The van der Waals surface area contributed by atoms with Crippen LogP contribution in [0.5, 0.6) is 0 Å². The van der Waals surface area contributed by atoms with Crippen LogP contribution in [0.25, 0.3) is 0 Å². The Labute approximate surface area is 90.5 Å². The number of terminal acetylenes is 1. The van der Waals surface area contributed by atoms with Crippen LogP contribution in [-0.4, -0.2) is 16.0 Å². The SMILES string of the molecule is C#CC(C)(C)NC(=O)c1cccn1CC. The molecule has 0 saturated heterocycles. The van der Waals surface area contributed by atoms with Gasteiger partial charge in [0.15, 0.2) is 0 Å². The van der Waals surface area contributed by atoms with Crippen molar-refractivity contribution in [3.63, 3.8) is 0 Å². The van der Waals surface area contributed by atoms with Crippen LogP contribution in [0.4, 0.5) is 0 Å². The van der Waals surface area contributed by atoms with Crippen molar-refractivity contribution < 1.29 is 4.79 Å². The Bertz CT molecular complexity index is 396. The first-order valence-corrected chi connectivity index (χ1v) is 4.95. The van der Waals surface area contributed by atoms with E-state index in [1.54, 1.807) is 19.9 Å². The highest BCUT2D eigenvalue weighted by atomic mass is 16.2. The molecule has 0 atom stereocenters. The van der Waals surface area contributed by atoms with Crippen LogP contribution in [0.15, 0.2) is 18.3 Å². The van der Waals surface area contributed by atoms with E-state index in [0.29, 0.717) is 5.69 Å². The van der Waals surface area contributed by atoms with Gasteiger partial charge >= 0.3 is 0 Å². The molecule has 0 unspecified atom stereocenters. The van der Waals surface area contributed by atoms with E-state index in [1.165, 1.54) is 0 Å². The Morgan fingerprint density at radius 2 is 2.33 bits per heavy atom. The van der Waals surface area contributed by atoms with E-state index in [1.807, 2.05) is 23.8 Å². The highest BCUT2D eigenvalue weighted by molar-refractivity contribution is 5.93. The second-order valence-corrected chi connectivity index (χ2v) is 3.90. The van der Waals surface area contributed by atoms with E-state index in [4.69, 9.17) is 6.42 Å². The summed E-state index contributed by atoms with van der Waals surface area (Å²) in [5.74, 6) is 2.40. The molecule has 0 fully saturated rings. The molecule has 1 heterocycles. The summed E-state index contributed by atoms with van der Waals surface area (Å²) >= 11 is 0. The first-order chi connectivity index (χ1) is 7.00. The van der Waals surface area contributed by atoms with Crippen molar-refractivity contribution in [3.05, 3.63) is 24.0 Å². The van der Waals surface area contributed by atoms with Gasteiger partial charge in [-0.15, -0.1) is 6.42 Å². The van der Waals surface area contributed by atoms with Crippen LogP contribution >= 0.6 is 0 Å². The molecular weight excluding hydrogens is 188 g/mol. The van der Waals surface area contributed by atoms with Crippen LogP contribution in [0, 0.1) is 12.3 Å². The molecule has 0 aliphatic carbocycles. The molecule has 15 heavy (non-hydrogen) atoms. The molecular formula is C12H16N2O. The lowest BCUT2D eigenvalue weighted by molar-refractivity contribution is 0.0920. The zero-order chi connectivity index (χ0) is 11.5. The molecule has 0 aliphatic rings. The standard InChI is InChI=1S/C12H16N2O/c1-5-12(3,4)13-11(15)10-8-7-9-14(10)6-2/h1,7-9H,6H2,2-4H3,(H,13,15). The lowest BCUT2D eigenvalue weighted by Gasteiger charge is -2.19. The fourth-order valence-electron chi connectivity index (χ4n) is 1.28. The van der Waals surface area contributed by atoms with Gasteiger partial charge in [0, 0.05) is 12.7 Å². The van der Waals surface area contributed by atoms with Gasteiger partial charge in [0.05, 0.1) is 5.54 Å². The highest BCUT2D eigenvalue weighted by Gasteiger charge is 2.19. The van der Waals surface area contributed by atoms with Crippen molar-refractivity contribution in [3.8, 4) is 12.3 Å². The number of nitrogens with zero attached hydrogens (tertiary/aromatic N) is 1. The number of carbonyl (C=O) groups excluding carboxylic acids is 1. The molecule has 3 nitrogen and oxygen atoms in total. The van der Waals surface area contributed by atoms with Crippen LogP contribution < -0.4 is 5.32 Å². The predicted octanol–water partition coefficient (Wildman–Crippen LogP) is 1.65. The van der Waals surface area contributed by atoms with Gasteiger partial charge in [-0.1, -0.05) is 5.92 Å². The van der Waals surface area contributed by atoms with E-state index in [2.05, 4.69) is 11.2 Å². The Morgan fingerprint density at radius 3 is 2.87 bits per heavy atom. The minimum Gasteiger partial charge on any atom is -0.344 e. The number of aromatic nitrogens is 1. The van der Waals surface area contributed by atoms with Gasteiger partial charge in [0.2, 0.25) is 0 Å². The van der Waals surface area contributed by atoms with Crippen molar-refractivity contribution in [2.24, 2.45) is 0 Å². The Balaban J connectivity index is 2.83. The number of aryl methyl sites for hydroxylation is 1. The molecule has 80 valence electrons. The quantitative estimate of drug-likeness (QED) is 0.746. The first-order valence-electron chi connectivity index (χ1n) is 4.95. The number of nitrogens with one attached hydrogen (secondary N) is 1. The molecule has 1 rings (SSSR count). The third-order valence-corrected chi connectivity index (χ3v) is 2.19. The number of rotatable bonds is 3. The van der Waals surface area contributed by atoms with E-state index < -0.39 is 5.54 Å². The molecule has 1 N–H and O–H groups in total. The summed E-state index contributed by atoms with van der Waals surface area (Å²) in [5.41, 5.74) is 0.0285. The maximum atomic E-state index is 11.8. The summed E-state index contributed by atoms with van der Waals surface area (Å²) in [6, 6.07) is 3.63. The maximum Gasteiger partial charge on any atom is 0.269 e. The first kappa shape index (κ1) is 11.4. The van der Waals surface area contributed by atoms with Crippen molar-refractivity contribution in [2.75, 3.05) is 0 Å². The van der Waals surface area contributed by atoms with Crippen LogP contribution in [0.1, 0.15) is 31.3 Å². The highest BCUT2D eigenvalue weighted by Crippen LogP contribution is 2.06. The molecule has 1 aromatic heterocycles. The summed E-state index contributed by atoms with van der Waals surface area (Å²) < 4.78 is 1.88. The summed E-state index contributed by atoms with van der Waals surface area (Å²) in [5, 5.41) is 2.79. The van der Waals surface area contributed by atoms with Crippen molar-refractivity contribution in [1.82, 2.24) is 9.88 Å². The third-order valence-electron chi connectivity index (χ3n) is 2.19. The van der Waals surface area contributed by atoms with Crippen molar-refractivity contribution in [2.45, 2.75) is 32.9 Å². The Kier molecular flexibility index (Phi) is 3.21. The van der Waals surface area contributed by atoms with Gasteiger partial charge in [-0.3, -0.25) is 4.79 Å². The van der Waals surface area contributed by atoms with E-state index in [9.17, 15) is 4.79 Å². The number of hydrogen-bond acceptors (Lipinski definition) is 1. The molecule has 0 saturated carbocycles. The van der Waals surface area contributed by atoms with E-state index >= 15 is 0 Å². The number of hydrogen-bond donors (Lipinski definition) is 1. The molecule has 0 radical (unpaired) electrons. The number of amides is 1. The lowest BCUT2D eigenvalue weighted by atomic mass is 10.1. The Morgan fingerprint density at radius 1 is 1.67 bits per heavy atom. The molecule has 1 aromatic rings. The second-order valence-electron chi connectivity index (χ2n) is 3.90. The average molecular weight is 204 g/mol. The fraction of sp³-hybridized carbons (Fsp3) is 0.417. The third kappa shape index (κ3) is 2.63. The average Bonchev–Trinajstić information content (AvgIpc) is 2.64. The molecule has 0 aromatic carbocycles. The summed E-state index contributed by atoms with van der Waals surface area (Å²) in [4.78, 5) is 11.8. The minimum atomic E-state index is -0.611. The second kappa shape index (κ2) is 4.22. The lowest BCUT2D eigenvalue weighted by Crippen LogP contribution is -2.42. The van der Waals surface area contributed by atoms with Gasteiger partial charge in [0.25, 0.3) is 5.91 Å². The normalized spacial score (nSPS) is 10.8. The Hall–Kier alpha value is -1.69. The molecule has 3 heteroatoms. The van der Waals surface area contributed by atoms with Crippen molar-refractivity contribution >= 4 is 5.91 Å². The fourth-order valence-corrected chi connectivity index (χ4v) is 1.28. The summed E-state index contributed by atoms with van der Waals surface area (Å²) in [6.07, 6.45) is 7.18. The topological polar surface area (TPSA) is 34.0 Å². The zero-order valence-corrected chi connectivity index (χ0v) is 9.37. The molecule has 0 aliphatic heterocycles. The minimum absolute atomic E-state index is 0.134. The molecule has 0 bridgehead atoms. The summed E-state index contributed by atoms with van der Waals surface area (Å²) in [7, 11) is 0. The van der Waals surface area contributed by atoms with Crippen molar-refractivity contribution in [1.29, 1.82) is 0 Å². The molecule has 0 spiro atoms.